The molecule has 1 unspecified atom stereocenters. The summed E-state index contributed by atoms with van der Waals surface area (Å²) in [7, 11) is -3.34. The van der Waals surface area contributed by atoms with Gasteiger partial charge in [0, 0.05) is 19.1 Å². The van der Waals surface area contributed by atoms with E-state index in [-0.39, 0.29) is 23.2 Å². The number of benzene rings is 1. The van der Waals surface area contributed by atoms with Gasteiger partial charge in [0.15, 0.2) is 0 Å². The summed E-state index contributed by atoms with van der Waals surface area (Å²) in [5, 5.41) is 0.0539. The van der Waals surface area contributed by atoms with Crippen LogP contribution in [0, 0.1) is 5.82 Å². The second-order valence-corrected chi connectivity index (χ2v) is 7.26. The number of nitrogens with one attached hydrogen (secondary N) is 1. The van der Waals surface area contributed by atoms with Crippen LogP contribution in [0.5, 0.6) is 0 Å². The second-order valence-electron chi connectivity index (χ2n) is 5.08. The van der Waals surface area contributed by atoms with Gasteiger partial charge in [-0.3, -0.25) is 4.79 Å². The molecule has 1 aromatic carbocycles. The van der Waals surface area contributed by atoms with E-state index in [0.29, 0.717) is 19.4 Å². The molecule has 8 heteroatoms. The van der Waals surface area contributed by atoms with Gasteiger partial charge in [-0.1, -0.05) is 17.7 Å². The fourth-order valence-corrected chi connectivity index (χ4v) is 3.46. The first-order valence-corrected chi connectivity index (χ1v) is 8.75. The van der Waals surface area contributed by atoms with Gasteiger partial charge in [-0.05, 0) is 25.0 Å². The number of halogens is 2. The first-order valence-electron chi connectivity index (χ1n) is 6.48. The molecule has 1 fully saturated rings. The van der Waals surface area contributed by atoms with Crippen LogP contribution in [0.1, 0.15) is 23.2 Å². The van der Waals surface area contributed by atoms with Gasteiger partial charge in [0.25, 0.3) is 5.91 Å². The van der Waals surface area contributed by atoms with Crippen molar-refractivity contribution in [3.63, 3.8) is 0 Å². The summed E-state index contributed by atoms with van der Waals surface area (Å²) in [5.41, 5.74) is -0.167. The van der Waals surface area contributed by atoms with E-state index in [1.165, 1.54) is 23.1 Å². The number of amides is 1. The molecule has 0 saturated carbocycles. The maximum atomic E-state index is 13.8. The highest BCUT2D eigenvalue weighted by atomic mass is 35.5. The van der Waals surface area contributed by atoms with E-state index in [4.69, 9.17) is 11.6 Å². The van der Waals surface area contributed by atoms with Crippen LogP contribution in [0.4, 0.5) is 4.39 Å². The highest BCUT2D eigenvalue weighted by Gasteiger charge is 2.28. The van der Waals surface area contributed by atoms with Crippen LogP contribution in [0.3, 0.4) is 0 Å². The number of sulfonamides is 1. The summed E-state index contributed by atoms with van der Waals surface area (Å²) in [6, 6.07) is 3.70. The normalized spacial score (nSPS) is 19.6. The summed E-state index contributed by atoms with van der Waals surface area (Å²) in [6.07, 6.45) is 2.36. The Balaban J connectivity index is 2.16. The van der Waals surface area contributed by atoms with E-state index in [9.17, 15) is 17.6 Å². The number of hydrogen-bond donors (Lipinski definition) is 1. The Bertz CT molecular complexity index is 631. The third-order valence-corrected chi connectivity index (χ3v) is 4.34. The Kier molecular flexibility index (Phi) is 4.85. The zero-order valence-corrected chi connectivity index (χ0v) is 13.0. The van der Waals surface area contributed by atoms with Crippen molar-refractivity contribution in [3.8, 4) is 0 Å². The van der Waals surface area contributed by atoms with Gasteiger partial charge < -0.3 is 4.90 Å². The van der Waals surface area contributed by atoms with E-state index in [2.05, 4.69) is 4.72 Å². The third kappa shape index (κ3) is 4.15. The average Bonchev–Trinajstić information content (AvgIpc) is 2.36. The quantitative estimate of drug-likeness (QED) is 0.913. The first kappa shape index (κ1) is 16.2. The van der Waals surface area contributed by atoms with Crippen molar-refractivity contribution in [1.82, 2.24) is 9.62 Å². The lowest BCUT2D eigenvalue weighted by Gasteiger charge is -2.33. The van der Waals surface area contributed by atoms with Gasteiger partial charge in [0.2, 0.25) is 10.0 Å². The van der Waals surface area contributed by atoms with E-state index in [1.807, 2.05) is 0 Å². The van der Waals surface area contributed by atoms with Gasteiger partial charge in [-0.2, -0.15) is 0 Å². The Labute approximate surface area is 128 Å². The summed E-state index contributed by atoms with van der Waals surface area (Å²) in [6.45, 7) is 0.655. The molecule has 0 spiro atoms. The van der Waals surface area contributed by atoms with Crippen LogP contribution in [0.25, 0.3) is 0 Å². The molecular weight excluding hydrogens is 319 g/mol. The van der Waals surface area contributed by atoms with Crippen LogP contribution < -0.4 is 4.72 Å². The molecule has 1 N–H and O–H groups in total. The van der Waals surface area contributed by atoms with Crippen molar-refractivity contribution in [1.29, 1.82) is 0 Å². The molecule has 116 valence electrons. The lowest BCUT2D eigenvalue weighted by atomic mass is 10.1. The topological polar surface area (TPSA) is 66.5 Å². The van der Waals surface area contributed by atoms with Crippen LogP contribution in [-0.4, -0.2) is 44.6 Å². The smallest absolute Gasteiger partial charge is 0.258 e. The summed E-state index contributed by atoms with van der Waals surface area (Å²) in [5.74, 6) is -1.19. The Hall–Kier alpha value is -1.18. The Morgan fingerprint density at radius 1 is 1.48 bits per heavy atom. The molecule has 21 heavy (non-hydrogen) atoms. The van der Waals surface area contributed by atoms with E-state index in [0.717, 1.165) is 6.26 Å². The van der Waals surface area contributed by atoms with Crippen LogP contribution in [-0.2, 0) is 10.0 Å². The molecule has 0 bridgehead atoms. The minimum Gasteiger partial charge on any atom is -0.337 e. The molecule has 1 aromatic rings. The predicted octanol–water partition coefficient (Wildman–Crippen LogP) is 1.63. The van der Waals surface area contributed by atoms with Gasteiger partial charge in [0.05, 0.1) is 16.8 Å². The fraction of sp³-hybridized carbons (Fsp3) is 0.462. The monoisotopic (exact) mass is 334 g/mol. The fourth-order valence-electron chi connectivity index (χ4n) is 2.42. The number of rotatable bonds is 3. The lowest BCUT2D eigenvalue weighted by molar-refractivity contribution is 0.0698. The molecule has 1 atom stereocenters. The maximum Gasteiger partial charge on any atom is 0.258 e. The van der Waals surface area contributed by atoms with E-state index >= 15 is 0 Å². The zero-order valence-electron chi connectivity index (χ0n) is 11.5. The minimum absolute atomic E-state index is 0.0539. The first-order chi connectivity index (χ1) is 9.78. The van der Waals surface area contributed by atoms with Crippen molar-refractivity contribution in [2.24, 2.45) is 0 Å². The van der Waals surface area contributed by atoms with Crippen LogP contribution >= 0.6 is 11.6 Å². The van der Waals surface area contributed by atoms with Crippen molar-refractivity contribution < 1.29 is 17.6 Å². The molecule has 2 rings (SSSR count). The number of carbonyl (C=O) groups excluding carboxylic acids is 1. The standard InChI is InChI=1S/C13H16ClFN2O3S/c1-21(19,20)16-9-4-3-7-17(8-9)13(18)12-10(14)5-2-6-11(12)15/h2,5-6,9,16H,3-4,7-8H2,1H3. The number of likely N-dealkylation sites (tertiary alicyclic amines) is 1. The average molecular weight is 335 g/mol. The zero-order chi connectivity index (χ0) is 15.6. The minimum atomic E-state index is -3.34. The number of nitrogens with zero attached hydrogens (tertiary/aromatic N) is 1. The summed E-state index contributed by atoms with van der Waals surface area (Å²) >= 11 is 5.89. The van der Waals surface area contributed by atoms with E-state index < -0.39 is 21.7 Å². The van der Waals surface area contributed by atoms with Crippen molar-refractivity contribution >= 4 is 27.5 Å². The molecule has 1 saturated heterocycles. The maximum absolute atomic E-state index is 13.8. The third-order valence-electron chi connectivity index (χ3n) is 3.27. The number of carbonyl (C=O) groups is 1. The highest BCUT2D eigenvalue weighted by Crippen LogP contribution is 2.22. The molecular formula is C13H16ClFN2O3S. The van der Waals surface area contributed by atoms with Gasteiger partial charge in [-0.15, -0.1) is 0 Å². The van der Waals surface area contributed by atoms with Crippen LogP contribution in [0.15, 0.2) is 18.2 Å². The lowest BCUT2D eigenvalue weighted by Crippen LogP contribution is -2.49. The number of piperidine rings is 1. The Morgan fingerprint density at radius 3 is 2.81 bits per heavy atom. The van der Waals surface area contributed by atoms with Gasteiger partial charge in [0.1, 0.15) is 5.82 Å². The molecule has 1 heterocycles. The highest BCUT2D eigenvalue weighted by molar-refractivity contribution is 7.88. The SMILES string of the molecule is CS(=O)(=O)NC1CCCN(C(=O)c2c(F)cccc2Cl)C1. The largest absolute Gasteiger partial charge is 0.337 e. The summed E-state index contributed by atoms with van der Waals surface area (Å²) < 4.78 is 38.8. The predicted molar refractivity (Wildman–Crippen MR) is 78.3 cm³/mol. The van der Waals surface area contributed by atoms with Crippen LogP contribution in [0.2, 0.25) is 5.02 Å². The van der Waals surface area contributed by atoms with Crippen molar-refractivity contribution in [2.45, 2.75) is 18.9 Å². The second kappa shape index (κ2) is 6.29. The molecule has 0 aliphatic carbocycles. The number of hydrogen-bond acceptors (Lipinski definition) is 3. The Morgan fingerprint density at radius 2 is 2.19 bits per heavy atom. The van der Waals surface area contributed by atoms with Gasteiger partial charge in [-0.25, -0.2) is 17.5 Å². The van der Waals surface area contributed by atoms with Crippen molar-refractivity contribution in [2.75, 3.05) is 19.3 Å². The molecule has 0 aromatic heterocycles. The molecule has 1 aliphatic heterocycles. The van der Waals surface area contributed by atoms with Crippen molar-refractivity contribution in [3.05, 3.63) is 34.6 Å². The van der Waals surface area contributed by atoms with E-state index in [1.54, 1.807) is 0 Å². The molecule has 5 nitrogen and oxygen atoms in total. The molecule has 1 amide bonds. The summed E-state index contributed by atoms with van der Waals surface area (Å²) in [4.78, 5) is 13.8. The molecule has 1 aliphatic rings. The van der Waals surface area contributed by atoms with Gasteiger partial charge >= 0.3 is 0 Å². The molecule has 0 radical (unpaired) electrons.